The number of aliphatic hydroxyl groups is 1. The first-order chi connectivity index (χ1) is 7.12. The van der Waals surface area contributed by atoms with Crippen LogP contribution < -0.4 is 0 Å². The number of H-pyrrole nitrogens is 1. The van der Waals surface area contributed by atoms with Crippen LogP contribution in [0.5, 0.6) is 0 Å². The van der Waals surface area contributed by atoms with Crippen LogP contribution in [0.1, 0.15) is 5.56 Å². The maximum Gasteiger partial charge on any atom is 0.274 e. The van der Waals surface area contributed by atoms with Gasteiger partial charge in [0.05, 0.1) is 0 Å². The van der Waals surface area contributed by atoms with E-state index < -0.39 is 19.0 Å². The second-order valence-electron chi connectivity index (χ2n) is 3.55. The molecule has 15 heavy (non-hydrogen) atoms. The van der Waals surface area contributed by atoms with Crippen LogP contribution in [0.4, 0.5) is 8.78 Å². The van der Waals surface area contributed by atoms with Gasteiger partial charge in [0.1, 0.15) is 6.61 Å². The largest absolute Gasteiger partial charge is 0.390 e. The molecule has 0 bridgehead atoms. The topological polar surface area (TPSA) is 36.0 Å². The Kier molecular flexibility index (Phi) is 2.44. The molecule has 0 spiro atoms. The van der Waals surface area contributed by atoms with E-state index in [9.17, 15) is 8.78 Å². The molecule has 0 aliphatic rings. The molecule has 2 N–H and O–H groups in total. The van der Waals surface area contributed by atoms with Crippen LogP contribution in [-0.2, 0) is 6.42 Å². The first-order valence-electron chi connectivity index (χ1n) is 4.66. The van der Waals surface area contributed by atoms with Gasteiger partial charge in [-0.15, -0.1) is 0 Å². The Bertz CT molecular complexity index is 464. The fraction of sp³-hybridized carbons (Fsp3) is 0.273. The second kappa shape index (κ2) is 3.62. The van der Waals surface area contributed by atoms with E-state index in [-0.39, 0.29) is 0 Å². The summed E-state index contributed by atoms with van der Waals surface area (Å²) < 4.78 is 26.0. The van der Waals surface area contributed by atoms with Crippen LogP contribution in [0.3, 0.4) is 0 Å². The molecule has 0 aliphatic carbocycles. The zero-order valence-electron chi connectivity index (χ0n) is 8.00. The molecule has 0 saturated heterocycles. The van der Waals surface area contributed by atoms with Crippen molar-refractivity contribution in [2.75, 3.05) is 6.61 Å². The molecule has 2 nitrogen and oxygen atoms in total. The van der Waals surface area contributed by atoms with Gasteiger partial charge in [0, 0.05) is 23.5 Å². The third-order valence-corrected chi connectivity index (χ3v) is 2.36. The summed E-state index contributed by atoms with van der Waals surface area (Å²) in [6, 6.07) is 7.26. The Hall–Kier alpha value is -1.42. The Morgan fingerprint density at radius 3 is 2.73 bits per heavy atom. The van der Waals surface area contributed by atoms with Gasteiger partial charge in [0.25, 0.3) is 5.92 Å². The van der Waals surface area contributed by atoms with Gasteiger partial charge in [-0.1, -0.05) is 18.2 Å². The van der Waals surface area contributed by atoms with Crippen LogP contribution in [0.25, 0.3) is 10.9 Å². The normalized spacial score (nSPS) is 12.2. The number of halogens is 2. The Morgan fingerprint density at radius 1 is 1.27 bits per heavy atom. The lowest BCUT2D eigenvalue weighted by atomic mass is 10.1. The fourth-order valence-corrected chi connectivity index (χ4v) is 1.61. The fourth-order valence-electron chi connectivity index (χ4n) is 1.61. The Morgan fingerprint density at radius 2 is 2.00 bits per heavy atom. The molecule has 0 atom stereocenters. The number of aromatic amines is 1. The van der Waals surface area contributed by atoms with E-state index in [2.05, 4.69) is 4.98 Å². The number of alkyl halides is 2. The van der Waals surface area contributed by atoms with Crippen molar-refractivity contribution in [1.29, 1.82) is 0 Å². The number of hydrogen-bond donors (Lipinski definition) is 2. The van der Waals surface area contributed by atoms with Crippen LogP contribution in [0, 0.1) is 0 Å². The Labute approximate surface area is 85.5 Å². The Balaban J connectivity index is 2.37. The molecule has 0 amide bonds. The van der Waals surface area contributed by atoms with Crippen molar-refractivity contribution in [2.24, 2.45) is 0 Å². The SMILES string of the molecule is OCC(F)(F)Cc1c[nH]c2ccccc12. The van der Waals surface area contributed by atoms with Crippen molar-refractivity contribution >= 4 is 10.9 Å². The van der Waals surface area contributed by atoms with Gasteiger partial charge in [0.15, 0.2) is 0 Å². The van der Waals surface area contributed by atoms with Gasteiger partial charge >= 0.3 is 0 Å². The highest BCUT2D eigenvalue weighted by Gasteiger charge is 2.29. The van der Waals surface area contributed by atoms with Crippen LogP contribution >= 0.6 is 0 Å². The maximum absolute atomic E-state index is 13.0. The molecule has 80 valence electrons. The highest BCUT2D eigenvalue weighted by Crippen LogP contribution is 2.25. The summed E-state index contributed by atoms with van der Waals surface area (Å²) in [5.41, 5.74) is 1.37. The summed E-state index contributed by atoms with van der Waals surface area (Å²) in [6.07, 6.45) is 1.13. The molecule has 1 heterocycles. The summed E-state index contributed by atoms with van der Waals surface area (Å²) in [5, 5.41) is 9.29. The average Bonchev–Trinajstić information content (AvgIpc) is 2.62. The lowest BCUT2D eigenvalue weighted by molar-refractivity contribution is -0.0485. The molecule has 2 rings (SSSR count). The second-order valence-corrected chi connectivity index (χ2v) is 3.55. The average molecular weight is 211 g/mol. The number of aromatic nitrogens is 1. The van der Waals surface area contributed by atoms with E-state index in [1.807, 2.05) is 12.1 Å². The predicted octanol–water partition coefficient (Wildman–Crippen LogP) is 2.34. The van der Waals surface area contributed by atoms with Crippen LogP contribution in [0.15, 0.2) is 30.5 Å². The quantitative estimate of drug-likeness (QED) is 0.803. The zero-order valence-corrected chi connectivity index (χ0v) is 8.00. The van der Waals surface area contributed by atoms with Crippen molar-refractivity contribution in [3.05, 3.63) is 36.0 Å². The van der Waals surface area contributed by atoms with E-state index in [1.54, 1.807) is 18.3 Å². The third-order valence-electron chi connectivity index (χ3n) is 2.36. The van der Waals surface area contributed by atoms with Crippen molar-refractivity contribution < 1.29 is 13.9 Å². The molecule has 0 aliphatic heterocycles. The van der Waals surface area contributed by atoms with E-state index in [4.69, 9.17) is 5.11 Å². The minimum Gasteiger partial charge on any atom is -0.390 e. The number of aliphatic hydroxyl groups excluding tert-OH is 1. The van der Waals surface area contributed by atoms with Gasteiger partial charge < -0.3 is 10.1 Å². The van der Waals surface area contributed by atoms with Gasteiger partial charge in [-0.3, -0.25) is 0 Å². The molecule has 1 aromatic heterocycles. The molecular formula is C11H11F2NO. The van der Waals surface area contributed by atoms with Crippen molar-refractivity contribution in [2.45, 2.75) is 12.3 Å². The monoisotopic (exact) mass is 211 g/mol. The standard InChI is InChI=1S/C11H11F2NO/c12-11(13,7-15)5-8-6-14-10-4-2-1-3-9(8)10/h1-4,6,14-15H,5,7H2. The van der Waals surface area contributed by atoms with Crippen LogP contribution in [0.2, 0.25) is 0 Å². The number of nitrogens with one attached hydrogen (secondary N) is 1. The number of rotatable bonds is 3. The van der Waals surface area contributed by atoms with Crippen LogP contribution in [-0.4, -0.2) is 22.6 Å². The molecule has 4 heteroatoms. The number of fused-ring (bicyclic) bond motifs is 1. The lowest BCUT2D eigenvalue weighted by Gasteiger charge is -2.11. The number of hydrogen-bond acceptors (Lipinski definition) is 1. The van der Waals surface area contributed by atoms with Gasteiger partial charge in [-0.2, -0.15) is 0 Å². The highest BCUT2D eigenvalue weighted by molar-refractivity contribution is 5.83. The molecule has 0 radical (unpaired) electrons. The summed E-state index contributed by atoms with van der Waals surface area (Å²) >= 11 is 0. The summed E-state index contributed by atoms with van der Waals surface area (Å²) in [5.74, 6) is -3.05. The third kappa shape index (κ3) is 1.99. The number of para-hydroxylation sites is 1. The minimum atomic E-state index is -3.05. The molecule has 2 aromatic rings. The van der Waals surface area contributed by atoms with Crippen molar-refractivity contribution in [3.63, 3.8) is 0 Å². The van der Waals surface area contributed by atoms with Gasteiger partial charge in [0.2, 0.25) is 0 Å². The smallest absolute Gasteiger partial charge is 0.274 e. The van der Waals surface area contributed by atoms with E-state index >= 15 is 0 Å². The number of benzene rings is 1. The van der Waals surface area contributed by atoms with Crippen molar-refractivity contribution in [3.8, 4) is 0 Å². The first-order valence-corrected chi connectivity index (χ1v) is 4.66. The first kappa shape index (κ1) is 10.1. The predicted molar refractivity (Wildman–Crippen MR) is 54.0 cm³/mol. The van der Waals surface area contributed by atoms with Gasteiger partial charge in [-0.25, -0.2) is 8.78 Å². The summed E-state index contributed by atoms with van der Waals surface area (Å²) in [4.78, 5) is 2.92. The molecular weight excluding hydrogens is 200 g/mol. The van der Waals surface area contributed by atoms with E-state index in [1.165, 1.54) is 0 Å². The summed E-state index contributed by atoms with van der Waals surface area (Å²) in [6.45, 7) is -1.12. The van der Waals surface area contributed by atoms with E-state index in [0.717, 1.165) is 10.9 Å². The minimum absolute atomic E-state index is 0.437. The molecule has 1 aromatic carbocycles. The maximum atomic E-state index is 13.0. The summed E-state index contributed by atoms with van der Waals surface area (Å²) in [7, 11) is 0. The molecule has 0 unspecified atom stereocenters. The molecule has 0 fully saturated rings. The zero-order chi connectivity index (χ0) is 10.9. The lowest BCUT2D eigenvalue weighted by Crippen LogP contribution is -2.24. The highest BCUT2D eigenvalue weighted by atomic mass is 19.3. The van der Waals surface area contributed by atoms with E-state index in [0.29, 0.717) is 5.56 Å². The van der Waals surface area contributed by atoms with Crippen molar-refractivity contribution in [1.82, 2.24) is 4.98 Å². The molecule has 0 saturated carbocycles. The van der Waals surface area contributed by atoms with Gasteiger partial charge in [-0.05, 0) is 11.6 Å².